The minimum absolute atomic E-state index is 0.0959. The average molecular weight is 437 g/mol. The van der Waals surface area contributed by atoms with Gasteiger partial charge >= 0.3 is 5.97 Å². The van der Waals surface area contributed by atoms with Crippen LogP contribution in [0.25, 0.3) is 0 Å². The molecular weight excluding hydrogens is 400 g/mol. The second-order valence-corrected chi connectivity index (χ2v) is 9.66. The number of rotatable bonds is 7. The van der Waals surface area contributed by atoms with Crippen LogP contribution in [0.1, 0.15) is 45.1 Å². The molecule has 2 aliphatic heterocycles. The number of hydrogen-bond donors (Lipinski definition) is 0. The van der Waals surface area contributed by atoms with Crippen molar-refractivity contribution in [2.75, 3.05) is 39.8 Å². The number of ether oxygens (including phenoxy) is 2. The molecule has 0 bridgehead atoms. The minimum atomic E-state index is -0.111. The zero-order chi connectivity index (χ0) is 21.7. The van der Waals surface area contributed by atoms with Gasteiger partial charge < -0.3 is 14.4 Å². The van der Waals surface area contributed by atoms with E-state index in [9.17, 15) is 4.79 Å². The lowest BCUT2D eigenvalue weighted by atomic mass is 9.92. The first-order valence-electron chi connectivity index (χ1n) is 11.3. The van der Waals surface area contributed by atoms with Gasteiger partial charge in [0.15, 0.2) is 0 Å². The van der Waals surface area contributed by atoms with E-state index in [0.717, 1.165) is 74.7 Å². The summed E-state index contributed by atoms with van der Waals surface area (Å²) in [6.07, 6.45) is 4.73. The fraction of sp³-hybridized carbons (Fsp3) is 0.708. The van der Waals surface area contributed by atoms with Gasteiger partial charge in [0.05, 0.1) is 7.11 Å². The normalized spacial score (nSPS) is 21.0. The van der Waals surface area contributed by atoms with Crippen molar-refractivity contribution in [2.45, 2.75) is 58.6 Å². The van der Waals surface area contributed by atoms with Crippen molar-refractivity contribution >= 4 is 17.6 Å². The van der Waals surface area contributed by atoms with E-state index in [4.69, 9.17) is 21.1 Å². The Morgan fingerprint density at radius 2 is 1.80 bits per heavy atom. The monoisotopic (exact) mass is 436 g/mol. The molecule has 0 N–H and O–H groups in total. The molecule has 5 nitrogen and oxygen atoms in total. The van der Waals surface area contributed by atoms with Gasteiger partial charge in [-0.2, -0.15) is 0 Å². The highest BCUT2D eigenvalue weighted by atomic mass is 35.5. The lowest BCUT2D eigenvalue weighted by Crippen LogP contribution is -2.50. The summed E-state index contributed by atoms with van der Waals surface area (Å²) in [6.45, 7) is 11.6. The molecule has 0 spiro atoms. The van der Waals surface area contributed by atoms with E-state index in [1.807, 2.05) is 25.1 Å². The summed E-state index contributed by atoms with van der Waals surface area (Å²) >= 11 is 6.05. The Labute approximate surface area is 186 Å². The van der Waals surface area contributed by atoms with Crippen LogP contribution in [0.15, 0.2) is 18.2 Å². The SMILES string of the molecule is COC(=O)[C@H](C(C)C)N1CCC(CN2CCC(Oc3ccc(Cl)cc3C)CC2)CC1. The molecule has 1 atom stereocenters. The molecule has 30 heavy (non-hydrogen) atoms. The molecule has 0 radical (unpaired) electrons. The molecule has 3 rings (SSSR count). The third-order valence-corrected chi connectivity index (χ3v) is 6.83. The number of aryl methyl sites for hydroxylation is 1. The van der Waals surface area contributed by atoms with Gasteiger partial charge in [-0.3, -0.25) is 9.69 Å². The molecule has 0 saturated carbocycles. The average Bonchev–Trinajstić information content (AvgIpc) is 2.72. The number of likely N-dealkylation sites (tertiary alicyclic amines) is 2. The van der Waals surface area contributed by atoms with Gasteiger partial charge in [0, 0.05) is 24.7 Å². The predicted molar refractivity (Wildman–Crippen MR) is 121 cm³/mol. The van der Waals surface area contributed by atoms with Crippen LogP contribution in [0, 0.1) is 18.8 Å². The number of methoxy groups -OCH3 is 1. The van der Waals surface area contributed by atoms with E-state index in [-0.39, 0.29) is 24.0 Å². The molecule has 0 unspecified atom stereocenters. The third-order valence-electron chi connectivity index (χ3n) is 6.60. The number of esters is 1. The van der Waals surface area contributed by atoms with Crippen LogP contribution >= 0.6 is 11.6 Å². The fourth-order valence-corrected chi connectivity index (χ4v) is 5.10. The topological polar surface area (TPSA) is 42.0 Å². The summed E-state index contributed by atoms with van der Waals surface area (Å²) in [5.41, 5.74) is 1.10. The van der Waals surface area contributed by atoms with Crippen molar-refractivity contribution in [3.8, 4) is 5.75 Å². The molecular formula is C24H37ClN2O3. The van der Waals surface area contributed by atoms with Crippen molar-refractivity contribution in [1.29, 1.82) is 0 Å². The number of hydrogen-bond acceptors (Lipinski definition) is 5. The first-order chi connectivity index (χ1) is 14.4. The summed E-state index contributed by atoms with van der Waals surface area (Å²) in [4.78, 5) is 17.1. The Balaban J connectivity index is 1.41. The van der Waals surface area contributed by atoms with E-state index in [2.05, 4.69) is 23.6 Å². The second-order valence-electron chi connectivity index (χ2n) is 9.22. The molecule has 0 aliphatic carbocycles. The van der Waals surface area contributed by atoms with Crippen molar-refractivity contribution in [3.63, 3.8) is 0 Å². The van der Waals surface area contributed by atoms with Gasteiger partial charge in [0.25, 0.3) is 0 Å². The number of benzene rings is 1. The van der Waals surface area contributed by atoms with Crippen LogP contribution in [0.4, 0.5) is 0 Å². The summed E-state index contributed by atoms with van der Waals surface area (Å²) in [5.74, 6) is 1.84. The van der Waals surface area contributed by atoms with Crippen LogP contribution in [0.3, 0.4) is 0 Å². The van der Waals surface area contributed by atoms with Crippen LogP contribution in [0.5, 0.6) is 5.75 Å². The Kier molecular flexibility index (Phi) is 8.44. The van der Waals surface area contributed by atoms with Gasteiger partial charge in [0.1, 0.15) is 17.9 Å². The lowest BCUT2D eigenvalue weighted by Gasteiger charge is -2.40. The Bertz CT molecular complexity index is 696. The Hall–Kier alpha value is -1.30. The molecule has 2 aliphatic rings. The molecule has 6 heteroatoms. The number of piperidine rings is 2. The van der Waals surface area contributed by atoms with Crippen molar-refractivity contribution in [3.05, 3.63) is 28.8 Å². The highest BCUT2D eigenvalue weighted by molar-refractivity contribution is 6.30. The van der Waals surface area contributed by atoms with E-state index in [1.54, 1.807) is 0 Å². The van der Waals surface area contributed by atoms with Gasteiger partial charge in [-0.25, -0.2) is 0 Å². The largest absolute Gasteiger partial charge is 0.490 e. The summed E-state index contributed by atoms with van der Waals surface area (Å²) in [6, 6.07) is 5.73. The van der Waals surface area contributed by atoms with E-state index in [1.165, 1.54) is 7.11 Å². The van der Waals surface area contributed by atoms with Crippen molar-refractivity contribution < 1.29 is 14.3 Å². The molecule has 0 amide bonds. The predicted octanol–water partition coefficient (Wildman–Crippen LogP) is 4.40. The fourth-order valence-electron chi connectivity index (χ4n) is 4.88. The summed E-state index contributed by atoms with van der Waals surface area (Å²) < 4.78 is 11.3. The summed E-state index contributed by atoms with van der Waals surface area (Å²) in [5, 5.41) is 0.756. The van der Waals surface area contributed by atoms with Gasteiger partial charge in [0.2, 0.25) is 0 Å². The first-order valence-corrected chi connectivity index (χ1v) is 11.7. The smallest absolute Gasteiger partial charge is 0.323 e. The highest BCUT2D eigenvalue weighted by Crippen LogP contribution is 2.27. The standard InChI is InChI=1S/C24H37ClN2O3/c1-17(2)23(24(28)29-4)27-13-7-19(8-14-27)16-26-11-9-21(10-12-26)30-22-6-5-20(25)15-18(22)3/h5-6,15,17,19,21,23H,7-14,16H2,1-4H3/t23-/m0/s1. The third kappa shape index (κ3) is 6.12. The lowest BCUT2D eigenvalue weighted by molar-refractivity contribution is -0.149. The molecule has 2 fully saturated rings. The van der Waals surface area contributed by atoms with E-state index < -0.39 is 0 Å². The van der Waals surface area contributed by atoms with Crippen molar-refractivity contribution in [2.24, 2.45) is 11.8 Å². The Morgan fingerprint density at radius 3 is 2.37 bits per heavy atom. The summed E-state index contributed by atoms with van der Waals surface area (Å²) in [7, 11) is 1.49. The van der Waals surface area contributed by atoms with E-state index >= 15 is 0 Å². The number of halogens is 1. The quantitative estimate of drug-likeness (QED) is 0.592. The molecule has 168 valence electrons. The van der Waals surface area contributed by atoms with Gasteiger partial charge in [-0.05, 0) is 81.3 Å². The maximum atomic E-state index is 12.2. The molecule has 2 saturated heterocycles. The zero-order valence-corrected chi connectivity index (χ0v) is 19.7. The first kappa shape index (κ1) is 23.4. The maximum Gasteiger partial charge on any atom is 0.323 e. The molecule has 2 heterocycles. The van der Waals surface area contributed by atoms with Gasteiger partial charge in [-0.1, -0.05) is 25.4 Å². The van der Waals surface area contributed by atoms with Crippen LogP contribution in [-0.4, -0.2) is 67.7 Å². The van der Waals surface area contributed by atoms with Crippen LogP contribution in [-0.2, 0) is 9.53 Å². The molecule has 0 aromatic heterocycles. The zero-order valence-electron chi connectivity index (χ0n) is 18.9. The number of nitrogens with zero attached hydrogens (tertiary/aromatic N) is 2. The van der Waals surface area contributed by atoms with Crippen LogP contribution in [0.2, 0.25) is 5.02 Å². The van der Waals surface area contributed by atoms with Crippen LogP contribution < -0.4 is 4.74 Å². The Morgan fingerprint density at radius 1 is 1.13 bits per heavy atom. The second kappa shape index (κ2) is 10.8. The van der Waals surface area contributed by atoms with Crippen molar-refractivity contribution in [1.82, 2.24) is 9.80 Å². The molecule has 1 aromatic rings. The highest BCUT2D eigenvalue weighted by Gasteiger charge is 2.33. The van der Waals surface area contributed by atoms with Gasteiger partial charge in [-0.15, -0.1) is 0 Å². The number of carbonyl (C=O) groups excluding carboxylic acids is 1. The van der Waals surface area contributed by atoms with E-state index in [0.29, 0.717) is 5.92 Å². The molecule has 1 aromatic carbocycles. The maximum absolute atomic E-state index is 12.2. The minimum Gasteiger partial charge on any atom is -0.490 e. The number of carbonyl (C=O) groups is 1.